The van der Waals surface area contributed by atoms with Crippen LogP contribution in [0.25, 0.3) is 0 Å². The summed E-state index contributed by atoms with van der Waals surface area (Å²) in [6.07, 6.45) is 1.41. The molecule has 1 amide bonds. The molecule has 6 nitrogen and oxygen atoms in total. The summed E-state index contributed by atoms with van der Waals surface area (Å²) in [5, 5.41) is 0.262. The third-order valence-corrected chi connectivity index (χ3v) is 3.59. The van der Waals surface area contributed by atoms with Gasteiger partial charge >= 0.3 is 6.09 Å². The molecule has 0 bridgehead atoms. The number of hydrogen-bond donors (Lipinski definition) is 0. The van der Waals surface area contributed by atoms with Crippen molar-refractivity contribution in [1.29, 1.82) is 0 Å². The van der Waals surface area contributed by atoms with E-state index in [-0.39, 0.29) is 17.4 Å². The summed E-state index contributed by atoms with van der Waals surface area (Å²) < 4.78 is 5.45. The van der Waals surface area contributed by atoms with Crippen molar-refractivity contribution in [2.24, 2.45) is 0 Å². The van der Waals surface area contributed by atoms with E-state index in [4.69, 9.17) is 16.3 Å². The molecule has 7 heteroatoms. The predicted molar refractivity (Wildman–Crippen MR) is 84.7 cm³/mol. The number of hydrogen-bond acceptors (Lipinski definition) is 5. The summed E-state index contributed by atoms with van der Waals surface area (Å²) in [7, 11) is 0. The summed E-state index contributed by atoms with van der Waals surface area (Å²) in [5.74, 6) is 0. The predicted octanol–water partition coefficient (Wildman–Crippen LogP) is 2.57. The van der Waals surface area contributed by atoms with E-state index in [1.165, 1.54) is 0 Å². The Morgan fingerprint density at radius 1 is 1.45 bits per heavy atom. The van der Waals surface area contributed by atoms with Crippen molar-refractivity contribution in [3.8, 4) is 0 Å². The van der Waals surface area contributed by atoms with Gasteiger partial charge in [-0.3, -0.25) is 4.90 Å². The minimum atomic E-state index is -0.467. The van der Waals surface area contributed by atoms with Crippen molar-refractivity contribution in [3.63, 3.8) is 0 Å². The molecule has 1 aliphatic rings. The molecule has 0 unspecified atom stereocenters. The van der Waals surface area contributed by atoms with Crippen LogP contribution in [-0.4, -0.2) is 57.1 Å². The maximum Gasteiger partial charge on any atom is 0.410 e. The van der Waals surface area contributed by atoms with Gasteiger partial charge in [-0.25, -0.2) is 14.8 Å². The first kappa shape index (κ1) is 17.0. The minimum absolute atomic E-state index is 0.0981. The molecule has 22 heavy (non-hydrogen) atoms. The molecule has 2 rings (SSSR count). The first-order chi connectivity index (χ1) is 10.2. The normalized spacial score (nSPS) is 20.0. The molecule has 1 saturated heterocycles. The SMILES string of the molecule is C[C@@H]1CN(Cc2ccnc(Cl)n2)CCN1C(=O)OC(C)(C)C. The van der Waals surface area contributed by atoms with E-state index < -0.39 is 5.60 Å². The van der Waals surface area contributed by atoms with Gasteiger partial charge in [-0.2, -0.15) is 0 Å². The zero-order valence-electron chi connectivity index (χ0n) is 13.5. The van der Waals surface area contributed by atoms with Crippen LogP contribution in [0.2, 0.25) is 5.28 Å². The zero-order valence-corrected chi connectivity index (χ0v) is 14.3. The molecular weight excluding hydrogens is 304 g/mol. The van der Waals surface area contributed by atoms with E-state index in [1.54, 1.807) is 11.1 Å². The summed E-state index contributed by atoms with van der Waals surface area (Å²) in [5.41, 5.74) is 0.420. The second kappa shape index (κ2) is 6.79. The van der Waals surface area contributed by atoms with Crippen molar-refractivity contribution >= 4 is 17.7 Å². The highest BCUT2D eigenvalue weighted by Crippen LogP contribution is 2.17. The van der Waals surface area contributed by atoms with Crippen LogP contribution in [-0.2, 0) is 11.3 Å². The Morgan fingerprint density at radius 2 is 2.18 bits per heavy atom. The van der Waals surface area contributed by atoms with Crippen molar-refractivity contribution in [1.82, 2.24) is 19.8 Å². The van der Waals surface area contributed by atoms with Crippen LogP contribution in [0, 0.1) is 0 Å². The number of rotatable bonds is 2. The van der Waals surface area contributed by atoms with Crippen molar-refractivity contribution in [2.45, 2.75) is 45.9 Å². The topological polar surface area (TPSA) is 58.6 Å². The lowest BCUT2D eigenvalue weighted by Gasteiger charge is -2.40. The Morgan fingerprint density at radius 3 is 2.77 bits per heavy atom. The van der Waals surface area contributed by atoms with Gasteiger partial charge in [-0.05, 0) is 45.4 Å². The van der Waals surface area contributed by atoms with Crippen LogP contribution >= 0.6 is 11.6 Å². The third kappa shape index (κ3) is 4.81. The number of amides is 1. The van der Waals surface area contributed by atoms with Crippen LogP contribution in [0.4, 0.5) is 4.79 Å². The molecule has 0 spiro atoms. The lowest BCUT2D eigenvalue weighted by molar-refractivity contribution is 0.000438. The highest BCUT2D eigenvalue weighted by Gasteiger charge is 2.30. The molecule has 0 N–H and O–H groups in total. The van der Waals surface area contributed by atoms with Crippen molar-refractivity contribution in [3.05, 3.63) is 23.2 Å². The fourth-order valence-corrected chi connectivity index (χ4v) is 2.62. The van der Waals surface area contributed by atoms with E-state index in [0.29, 0.717) is 13.1 Å². The first-order valence-corrected chi connectivity index (χ1v) is 7.82. The Labute approximate surface area is 136 Å². The van der Waals surface area contributed by atoms with Crippen LogP contribution in [0.15, 0.2) is 12.3 Å². The van der Waals surface area contributed by atoms with Crippen molar-refractivity contribution < 1.29 is 9.53 Å². The van der Waals surface area contributed by atoms with Gasteiger partial charge in [0.2, 0.25) is 5.28 Å². The summed E-state index contributed by atoms with van der Waals surface area (Å²) in [6.45, 7) is 10.6. The molecule has 0 aromatic carbocycles. The zero-order chi connectivity index (χ0) is 16.3. The highest BCUT2D eigenvalue weighted by molar-refractivity contribution is 6.28. The number of halogens is 1. The second-order valence-electron chi connectivity index (χ2n) is 6.57. The molecule has 1 aromatic rings. The lowest BCUT2D eigenvalue weighted by Crippen LogP contribution is -2.54. The summed E-state index contributed by atoms with van der Waals surface area (Å²) in [4.78, 5) is 24.3. The molecular formula is C15H23ClN4O2. The Bertz CT molecular complexity index is 533. The quantitative estimate of drug-likeness (QED) is 0.782. The van der Waals surface area contributed by atoms with Gasteiger partial charge in [0.05, 0.1) is 5.69 Å². The van der Waals surface area contributed by atoms with Crippen LogP contribution in [0.5, 0.6) is 0 Å². The average Bonchev–Trinajstić information content (AvgIpc) is 2.36. The van der Waals surface area contributed by atoms with E-state index in [9.17, 15) is 4.79 Å². The van der Waals surface area contributed by atoms with Crippen LogP contribution < -0.4 is 0 Å². The largest absolute Gasteiger partial charge is 0.444 e. The highest BCUT2D eigenvalue weighted by atomic mass is 35.5. The number of ether oxygens (including phenoxy) is 1. The van der Waals surface area contributed by atoms with E-state index >= 15 is 0 Å². The Balaban J connectivity index is 1.91. The maximum atomic E-state index is 12.2. The fourth-order valence-electron chi connectivity index (χ4n) is 2.46. The second-order valence-corrected chi connectivity index (χ2v) is 6.91. The Hall–Kier alpha value is -1.40. The minimum Gasteiger partial charge on any atom is -0.444 e. The maximum absolute atomic E-state index is 12.2. The van der Waals surface area contributed by atoms with E-state index in [0.717, 1.165) is 18.8 Å². The number of piperazine rings is 1. The van der Waals surface area contributed by atoms with E-state index in [2.05, 4.69) is 14.9 Å². The number of aromatic nitrogens is 2. The number of carbonyl (C=O) groups excluding carboxylic acids is 1. The molecule has 122 valence electrons. The van der Waals surface area contributed by atoms with Gasteiger partial charge < -0.3 is 9.64 Å². The molecule has 1 atom stereocenters. The average molecular weight is 327 g/mol. The van der Waals surface area contributed by atoms with Gasteiger partial charge in [0.15, 0.2) is 0 Å². The molecule has 1 fully saturated rings. The molecule has 0 radical (unpaired) electrons. The molecule has 1 aromatic heterocycles. The first-order valence-electron chi connectivity index (χ1n) is 7.44. The Kier molecular flexibility index (Phi) is 5.24. The van der Waals surface area contributed by atoms with Gasteiger partial charge in [0.25, 0.3) is 0 Å². The summed E-state index contributed by atoms with van der Waals surface area (Å²) >= 11 is 5.81. The molecule has 2 heterocycles. The third-order valence-electron chi connectivity index (χ3n) is 3.41. The van der Waals surface area contributed by atoms with Gasteiger partial charge in [-0.1, -0.05) is 0 Å². The fraction of sp³-hybridized carbons (Fsp3) is 0.667. The number of nitrogens with zero attached hydrogens (tertiary/aromatic N) is 4. The summed E-state index contributed by atoms with van der Waals surface area (Å²) in [6, 6.07) is 1.96. The lowest BCUT2D eigenvalue weighted by atomic mass is 10.2. The van der Waals surface area contributed by atoms with Gasteiger partial charge in [0, 0.05) is 38.4 Å². The number of carbonyl (C=O) groups is 1. The smallest absolute Gasteiger partial charge is 0.410 e. The van der Waals surface area contributed by atoms with Crippen LogP contribution in [0.1, 0.15) is 33.4 Å². The monoisotopic (exact) mass is 326 g/mol. The molecule has 0 aliphatic carbocycles. The standard InChI is InChI=1S/C15H23ClN4O2/c1-11-9-19(10-12-5-6-17-13(16)18-12)7-8-20(11)14(21)22-15(2,3)4/h5-6,11H,7-10H2,1-4H3/t11-/m1/s1. The molecule has 1 aliphatic heterocycles. The molecule has 0 saturated carbocycles. The van der Waals surface area contributed by atoms with Crippen LogP contribution in [0.3, 0.4) is 0 Å². The van der Waals surface area contributed by atoms with Gasteiger partial charge in [-0.15, -0.1) is 0 Å². The van der Waals surface area contributed by atoms with E-state index in [1.807, 2.05) is 33.8 Å². The van der Waals surface area contributed by atoms with Crippen molar-refractivity contribution in [2.75, 3.05) is 19.6 Å². The van der Waals surface area contributed by atoms with Gasteiger partial charge in [0.1, 0.15) is 5.60 Å².